The van der Waals surface area contributed by atoms with Crippen molar-refractivity contribution in [1.29, 1.82) is 0 Å². The first-order valence-electron chi connectivity index (χ1n) is 7.01. The predicted molar refractivity (Wildman–Crippen MR) is 82.9 cm³/mol. The van der Waals surface area contributed by atoms with E-state index < -0.39 is 0 Å². The van der Waals surface area contributed by atoms with Crippen LogP contribution in [0.1, 0.15) is 23.5 Å². The number of hydrogen-bond acceptors (Lipinski definition) is 2. The second-order valence-electron chi connectivity index (χ2n) is 5.03. The van der Waals surface area contributed by atoms with E-state index in [9.17, 15) is 0 Å². The van der Waals surface area contributed by atoms with Crippen molar-refractivity contribution in [2.75, 3.05) is 13.6 Å². The highest BCUT2D eigenvalue weighted by Gasteiger charge is 2.16. The number of nitrogens with one attached hydrogen (secondary N) is 2. The van der Waals surface area contributed by atoms with Crippen molar-refractivity contribution >= 4 is 10.9 Å². The minimum absolute atomic E-state index is 0.393. The number of aromatic amines is 1. The molecular weight excluding hydrogens is 246 g/mol. The maximum Gasteiger partial charge on any atom is 0.0653 e. The lowest BCUT2D eigenvalue weighted by atomic mass is 9.87. The lowest BCUT2D eigenvalue weighted by Crippen LogP contribution is -2.13. The highest BCUT2D eigenvalue weighted by atomic mass is 15.1. The Hall–Kier alpha value is -2.13. The first-order valence-corrected chi connectivity index (χ1v) is 7.01. The SMILES string of the molecule is CNCCC(c1ccccc1)c1cccc2[nH]ncc12. The molecule has 0 saturated heterocycles. The van der Waals surface area contributed by atoms with Crippen molar-refractivity contribution in [3.05, 3.63) is 65.9 Å². The van der Waals surface area contributed by atoms with Crippen molar-refractivity contribution in [3.8, 4) is 0 Å². The number of fused-ring (bicyclic) bond motifs is 1. The van der Waals surface area contributed by atoms with Gasteiger partial charge >= 0.3 is 0 Å². The summed E-state index contributed by atoms with van der Waals surface area (Å²) in [4.78, 5) is 0. The largest absolute Gasteiger partial charge is 0.320 e. The topological polar surface area (TPSA) is 40.7 Å². The Morgan fingerprint density at radius 3 is 2.75 bits per heavy atom. The maximum absolute atomic E-state index is 4.18. The van der Waals surface area contributed by atoms with Crippen LogP contribution in [0.5, 0.6) is 0 Å². The van der Waals surface area contributed by atoms with E-state index in [1.807, 2.05) is 13.2 Å². The van der Waals surface area contributed by atoms with Crippen molar-refractivity contribution < 1.29 is 0 Å². The summed E-state index contributed by atoms with van der Waals surface area (Å²) >= 11 is 0. The molecule has 1 atom stereocenters. The monoisotopic (exact) mass is 265 g/mol. The molecule has 0 spiro atoms. The van der Waals surface area contributed by atoms with E-state index in [0.717, 1.165) is 18.5 Å². The molecule has 1 unspecified atom stereocenters. The lowest BCUT2D eigenvalue weighted by Gasteiger charge is -2.18. The fourth-order valence-electron chi connectivity index (χ4n) is 2.77. The van der Waals surface area contributed by atoms with E-state index in [1.54, 1.807) is 0 Å². The Morgan fingerprint density at radius 1 is 1.10 bits per heavy atom. The second-order valence-corrected chi connectivity index (χ2v) is 5.03. The van der Waals surface area contributed by atoms with E-state index in [-0.39, 0.29) is 0 Å². The van der Waals surface area contributed by atoms with Crippen LogP contribution in [-0.2, 0) is 0 Å². The molecule has 0 fully saturated rings. The average Bonchev–Trinajstić information content (AvgIpc) is 2.98. The first-order chi connectivity index (χ1) is 9.90. The van der Waals surface area contributed by atoms with E-state index in [1.165, 1.54) is 16.5 Å². The lowest BCUT2D eigenvalue weighted by molar-refractivity contribution is 0.664. The zero-order chi connectivity index (χ0) is 13.8. The molecule has 1 heterocycles. The van der Waals surface area contributed by atoms with Crippen LogP contribution in [0.15, 0.2) is 54.7 Å². The molecule has 0 saturated carbocycles. The van der Waals surface area contributed by atoms with Crippen LogP contribution >= 0.6 is 0 Å². The van der Waals surface area contributed by atoms with Crippen molar-refractivity contribution in [2.45, 2.75) is 12.3 Å². The molecule has 2 N–H and O–H groups in total. The quantitative estimate of drug-likeness (QED) is 0.743. The van der Waals surface area contributed by atoms with Gasteiger partial charge < -0.3 is 5.32 Å². The molecular formula is C17H19N3. The highest BCUT2D eigenvalue weighted by Crippen LogP contribution is 2.32. The van der Waals surface area contributed by atoms with Gasteiger partial charge in [0.05, 0.1) is 11.7 Å². The van der Waals surface area contributed by atoms with Gasteiger partial charge in [0.2, 0.25) is 0 Å². The van der Waals surface area contributed by atoms with Gasteiger partial charge in [-0.3, -0.25) is 5.10 Å². The minimum atomic E-state index is 0.393. The number of rotatable bonds is 5. The molecule has 0 bridgehead atoms. The fourth-order valence-corrected chi connectivity index (χ4v) is 2.77. The summed E-state index contributed by atoms with van der Waals surface area (Å²) in [6.07, 6.45) is 3.00. The Morgan fingerprint density at radius 2 is 1.95 bits per heavy atom. The van der Waals surface area contributed by atoms with Gasteiger partial charge in [0.1, 0.15) is 0 Å². The zero-order valence-electron chi connectivity index (χ0n) is 11.6. The van der Waals surface area contributed by atoms with Crippen LogP contribution in [0.2, 0.25) is 0 Å². The fraction of sp³-hybridized carbons (Fsp3) is 0.235. The molecule has 20 heavy (non-hydrogen) atoms. The smallest absolute Gasteiger partial charge is 0.0653 e. The van der Waals surface area contributed by atoms with Crippen molar-refractivity contribution in [3.63, 3.8) is 0 Å². The van der Waals surface area contributed by atoms with Gasteiger partial charge in [0.15, 0.2) is 0 Å². The molecule has 0 aliphatic heterocycles. The minimum Gasteiger partial charge on any atom is -0.320 e. The van der Waals surface area contributed by atoms with Gasteiger partial charge in [0, 0.05) is 11.3 Å². The van der Waals surface area contributed by atoms with Gasteiger partial charge in [-0.1, -0.05) is 42.5 Å². The van der Waals surface area contributed by atoms with E-state index in [0.29, 0.717) is 5.92 Å². The van der Waals surface area contributed by atoms with Crippen LogP contribution < -0.4 is 5.32 Å². The third kappa shape index (κ3) is 2.45. The van der Waals surface area contributed by atoms with Crippen LogP contribution in [0.4, 0.5) is 0 Å². The number of hydrogen-bond donors (Lipinski definition) is 2. The number of benzene rings is 2. The molecule has 102 valence electrons. The summed E-state index contributed by atoms with van der Waals surface area (Å²) in [5, 5.41) is 11.7. The maximum atomic E-state index is 4.18. The Balaban J connectivity index is 2.07. The third-order valence-corrected chi connectivity index (χ3v) is 3.78. The van der Waals surface area contributed by atoms with E-state index in [4.69, 9.17) is 0 Å². The predicted octanol–water partition coefficient (Wildman–Crippen LogP) is 3.30. The van der Waals surface area contributed by atoms with Gasteiger partial charge in [-0.15, -0.1) is 0 Å². The van der Waals surface area contributed by atoms with Gasteiger partial charge in [-0.2, -0.15) is 5.10 Å². The van der Waals surface area contributed by atoms with E-state index in [2.05, 4.69) is 64.0 Å². The number of nitrogens with zero attached hydrogens (tertiary/aromatic N) is 1. The second kappa shape index (κ2) is 5.88. The normalized spacial score (nSPS) is 12.7. The Labute approximate surface area is 119 Å². The molecule has 0 aliphatic rings. The molecule has 3 rings (SSSR count). The molecule has 3 nitrogen and oxygen atoms in total. The Bertz CT molecular complexity index is 673. The molecule has 3 aromatic rings. The molecule has 0 radical (unpaired) electrons. The number of aromatic nitrogens is 2. The molecule has 3 heteroatoms. The van der Waals surface area contributed by atoms with Gasteiger partial charge in [-0.05, 0) is 37.2 Å². The number of H-pyrrole nitrogens is 1. The van der Waals surface area contributed by atoms with Gasteiger partial charge in [0.25, 0.3) is 0 Å². The van der Waals surface area contributed by atoms with Crippen LogP contribution in [0.25, 0.3) is 10.9 Å². The standard InChI is InChI=1S/C17H19N3/c1-18-11-10-14(13-6-3-2-4-7-13)15-8-5-9-17-16(15)12-19-20-17/h2-9,12,14,18H,10-11H2,1H3,(H,19,20). The van der Waals surface area contributed by atoms with Gasteiger partial charge in [-0.25, -0.2) is 0 Å². The summed E-state index contributed by atoms with van der Waals surface area (Å²) in [6, 6.07) is 17.1. The highest BCUT2D eigenvalue weighted by molar-refractivity contribution is 5.82. The van der Waals surface area contributed by atoms with Crippen molar-refractivity contribution in [1.82, 2.24) is 15.5 Å². The molecule has 1 aromatic heterocycles. The van der Waals surface area contributed by atoms with Crippen LogP contribution in [-0.4, -0.2) is 23.8 Å². The summed E-state index contributed by atoms with van der Waals surface area (Å²) in [7, 11) is 2.00. The summed E-state index contributed by atoms with van der Waals surface area (Å²) < 4.78 is 0. The van der Waals surface area contributed by atoms with E-state index >= 15 is 0 Å². The summed E-state index contributed by atoms with van der Waals surface area (Å²) in [5.74, 6) is 0.393. The van der Waals surface area contributed by atoms with Crippen molar-refractivity contribution in [2.24, 2.45) is 0 Å². The molecule has 2 aromatic carbocycles. The zero-order valence-corrected chi connectivity index (χ0v) is 11.6. The third-order valence-electron chi connectivity index (χ3n) is 3.78. The first kappa shape index (κ1) is 12.9. The average molecular weight is 265 g/mol. The van der Waals surface area contributed by atoms with Crippen LogP contribution in [0.3, 0.4) is 0 Å². The Kier molecular flexibility index (Phi) is 3.79. The summed E-state index contributed by atoms with van der Waals surface area (Å²) in [6.45, 7) is 0.994. The van der Waals surface area contributed by atoms with Crippen LogP contribution in [0, 0.1) is 0 Å². The molecule has 0 aliphatic carbocycles. The molecule has 0 amide bonds. The summed E-state index contributed by atoms with van der Waals surface area (Å²) in [5.41, 5.74) is 3.81.